The molecule has 0 unspecified atom stereocenters. The van der Waals surface area contributed by atoms with Gasteiger partial charge in [0.2, 0.25) is 0 Å². The van der Waals surface area contributed by atoms with Gasteiger partial charge in [-0.1, -0.05) is 12.1 Å². The highest BCUT2D eigenvalue weighted by Gasteiger charge is 2.01. The smallest absolute Gasteiger partial charge is 0.123 e. The molecule has 0 saturated heterocycles. The summed E-state index contributed by atoms with van der Waals surface area (Å²) in [7, 11) is 0. The highest BCUT2D eigenvalue weighted by molar-refractivity contribution is 5.83. The number of H-pyrrole nitrogens is 1. The van der Waals surface area contributed by atoms with Crippen LogP contribution >= 0.6 is 0 Å². The van der Waals surface area contributed by atoms with Crippen LogP contribution in [0.2, 0.25) is 0 Å². The van der Waals surface area contributed by atoms with Crippen molar-refractivity contribution in [2.24, 2.45) is 0 Å². The number of fused-ring (bicyclic) bond motifs is 1. The average Bonchev–Trinajstić information content (AvgIpc) is 2.87. The lowest BCUT2D eigenvalue weighted by Crippen LogP contribution is -1.99. The fraction of sp³-hybridized carbons (Fsp3) is 0.0667. The lowest BCUT2D eigenvalue weighted by atomic mass is 10.1. The minimum atomic E-state index is -0.215. The average molecular weight is 240 g/mol. The van der Waals surface area contributed by atoms with Gasteiger partial charge in [0.05, 0.1) is 0 Å². The molecule has 0 spiro atoms. The standard InChI is InChI=1S/C15H13FN2/c16-12-4-6-13(7-5-12)18-10-11-2-1-3-15-14(11)8-9-17-15/h1-9,17-18H,10H2. The number of hydrogen-bond acceptors (Lipinski definition) is 1. The van der Waals surface area contributed by atoms with Gasteiger partial charge in [0.1, 0.15) is 5.82 Å². The molecule has 0 aliphatic carbocycles. The van der Waals surface area contributed by atoms with Gasteiger partial charge in [-0.05, 0) is 42.0 Å². The quantitative estimate of drug-likeness (QED) is 0.713. The molecule has 0 aliphatic rings. The van der Waals surface area contributed by atoms with Gasteiger partial charge in [0.25, 0.3) is 0 Å². The number of halogens is 1. The van der Waals surface area contributed by atoms with E-state index in [1.807, 2.05) is 12.3 Å². The van der Waals surface area contributed by atoms with Crippen molar-refractivity contribution in [3.63, 3.8) is 0 Å². The van der Waals surface area contributed by atoms with Gasteiger partial charge < -0.3 is 10.3 Å². The molecule has 3 rings (SSSR count). The molecule has 0 bridgehead atoms. The molecular formula is C15H13FN2. The molecule has 0 fully saturated rings. The molecule has 18 heavy (non-hydrogen) atoms. The molecule has 2 nitrogen and oxygen atoms in total. The van der Waals surface area contributed by atoms with Crippen LogP contribution in [0.4, 0.5) is 10.1 Å². The van der Waals surface area contributed by atoms with Gasteiger partial charge in [0.15, 0.2) is 0 Å². The van der Waals surface area contributed by atoms with Gasteiger partial charge in [-0.3, -0.25) is 0 Å². The van der Waals surface area contributed by atoms with Gasteiger partial charge in [-0.2, -0.15) is 0 Å². The number of rotatable bonds is 3. The van der Waals surface area contributed by atoms with Crippen LogP contribution in [-0.4, -0.2) is 4.98 Å². The molecule has 1 aromatic heterocycles. The number of hydrogen-bond donors (Lipinski definition) is 2. The first kappa shape index (κ1) is 10.8. The Labute approximate surface area is 104 Å². The predicted molar refractivity (Wildman–Crippen MR) is 72.0 cm³/mol. The summed E-state index contributed by atoms with van der Waals surface area (Å²) in [6.07, 6.45) is 1.94. The summed E-state index contributed by atoms with van der Waals surface area (Å²) >= 11 is 0. The zero-order chi connectivity index (χ0) is 12.4. The number of aromatic amines is 1. The van der Waals surface area contributed by atoms with Crippen molar-refractivity contribution in [3.8, 4) is 0 Å². The molecule has 2 aromatic carbocycles. The Hall–Kier alpha value is -2.29. The van der Waals surface area contributed by atoms with Crippen LogP contribution in [0.3, 0.4) is 0 Å². The Balaban J connectivity index is 1.80. The van der Waals surface area contributed by atoms with E-state index in [1.54, 1.807) is 12.1 Å². The fourth-order valence-electron chi connectivity index (χ4n) is 2.07. The third kappa shape index (κ3) is 2.07. The lowest BCUT2D eigenvalue weighted by Gasteiger charge is -2.07. The zero-order valence-corrected chi connectivity index (χ0v) is 9.78. The Morgan fingerprint density at radius 1 is 1.00 bits per heavy atom. The van der Waals surface area contributed by atoms with Gasteiger partial charge >= 0.3 is 0 Å². The first-order valence-corrected chi connectivity index (χ1v) is 5.87. The molecule has 0 aliphatic heterocycles. The molecule has 0 saturated carbocycles. The van der Waals surface area contributed by atoms with E-state index in [-0.39, 0.29) is 5.82 Å². The summed E-state index contributed by atoms with van der Waals surface area (Å²) in [4.78, 5) is 3.19. The van der Waals surface area contributed by atoms with Crippen LogP contribution in [0.25, 0.3) is 10.9 Å². The minimum Gasteiger partial charge on any atom is -0.381 e. The highest BCUT2D eigenvalue weighted by atomic mass is 19.1. The van der Waals surface area contributed by atoms with E-state index < -0.39 is 0 Å². The van der Waals surface area contributed by atoms with Crippen LogP contribution in [0.15, 0.2) is 54.7 Å². The summed E-state index contributed by atoms with van der Waals surface area (Å²) in [5.41, 5.74) is 3.27. The Morgan fingerprint density at radius 3 is 2.67 bits per heavy atom. The summed E-state index contributed by atoms with van der Waals surface area (Å²) in [6.45, 7) is 0.723. The van der Waals surface area contributed by atoms with Crippen LogP contribution in [-0.2, 0) is 6.54 Å². The second-order valence-electron chi connectivity index (χ2n) is 4.22. The van der Waals surface area contributed by atoms with Crippen molar-refractivity contribution >= 4 is 16.6 Å². The first-order chi connectivity index (χ1) is 8.83. The normalized spacial score (nSPS) is 10.7. The van der Waals surface area contributed by atoms with Crippen molar-refractivity contribution in [1.82, 2.24) is 4.98 Å². The maximum absolute atomic E-state index is 12.8. The second-order valence-corrected chi connectivity index (χ2v) is 4.22. The molecule has 90 valence electrons. The predicted octanol–water partition coefficient (Wildman–Crippen LogP) is 3.92. The van der Waals surface area contributed by atoms with Crippen molar-refractivity contribution in [2.45, 2.75) is 6.54 Å². The lowest BCUT2D eigenvalue weighted by molar-refractivity contribution is 0.628. The van der Waals surface area contributed by atoms with Crippen LogP contribution in [0, 0.1) is 5.82 Å². The molecular weight excluding hydrogens is 227 g/mol. The van der Waals surface area contributed by atoms with Gasteiger partial charge in [-0.15, -0.1) is 0 Å². The largest absolute Gasteiger partial charge is 0.381 e. The molecule has 0 radical (unpaired) electrons. The van der Waals surface area contributed by atoms with E-state index in [2.05, 4.69) is 28.5 Å². The van der Waals surface area contributed by atoms with E-state index >= 15 is 0 Å². The third-order valence-electron chi connectivity index (χ3n) is 3.01. The van der Waals surface area contributed by atoms with Crippen molar-refractivity contribution in [1.29, 1.82) is 0 Å². The number of nitrogens with one attached hydrogen (secondary N) is 2. The summed E-state index contributed by atoms with van der Waals surface area (Å²) in [5, 5.41) is 4.50. The summed E-state index contributed by atoms with van der Waals surface area (Å²) < 4.78 is 12.8. The van der Waals surface area contributed by atoms with E-state index in [0.717, 1.165) is 17.7 Å². The van der Waals surface area contributed by atoms with E-state index in [9.17, 15) is 4.39 Å². The Morgan fingerprint density at radius 2 is 1.83 bits per heavy atom. The second kappa shape index (κ2) is 4.53. The molecule has 0 atom stereocenters. The molecule has 3 aromatic rings. The van der Waals surface area contributed by atoms with E-state index in [0.29, 0.717) is 0 Å². The minimum absolute atomic E-state index is 0.215. The topological polar surface area (TPSA) is 27.8 Å². The van der Waals surface area contributed by atoms with Crippen LogP contribution in [0.5, 0.6) is 0 Å². The number of benzene rings is 2. The number of aromatic nitrogens is 1. The maximum atomic E-state index is 12.8. The number of anilines is 1. The summed E-state index contributed by atoms with van der Waals surface area (Å²) in [6, 6.07) is 14.6. The molecule has 1 heterocycles. The zero-order valence-electron chi connectivity index (χ0n) is 9.78. The maximum Gasteiger partial charge on any atom is 0.123 e. The first-order valence-electron chi connectivity index (χ1n) is 5.87. The van der Waals surface area contributed by atoms with Gasteiger partial charge in [0, 0.05) is 29.3 Å². The van der Waals surface area contributed by atoms with Crippen molar-refractivity contribution < 1.29 is 4.39 Å². The third-order valence-corrected chi connectivity index (χ3v) is 3.01. The molecule has 0 amide bonds. The molecule has 2 N–H and O–H groups in total. The van der Waals surface area contributed by atoms with Crippen molar-refractivity contribution in [2.75, 3.05) is 5.32 Å². The van der Waals surface area contributed by atoms with Gasteiger partial charge in [-0.25, -0.2) is 4.39 Å². The van der Waals surface area contributed by atoms with Crippen LogP contribution in [0.1, 0.15) is 5.56 Å². The van der Waals surface area contributed by atoms with E-state index in [4.69, 9.17) is 0 Å². The monoisotopic (exact) mass is 240 g/mol. The summed E-state index contributed by atoms with van der Waals surface area (Å²) in [5.74, 6) is -0.215. The Kier molecular flexibility index (Phi) is 2.73. The highest BCUT2D eigenvalue weighted by Crippen LogP contribution is 2.18. The Bertz CT molecular complexity index is 656. The van der Waals surface area contributed by atoms with Crippen LogP contribution < -0.4 is 5.32 Å². The van der Waals surface area contributed by atoms with E-state index in [1.165, 1.54) is 23.1 Å². The SMILES string of the molecule is Fc1ccc(NCc2cccc3[nH]ccc23)cc1. The molecule has 3 heteroatoms. The fourth-order valence-corrected chi connectivity index (χ4v) is 2.07. The van der Waals surface area contributed by atoms with Crippen molar-refractivity contribution in [3.05, 3.63) is 66.1 Å².